The van der Waals surface area contributed by atoms with Crippen LogP contribution in [0.15, 0.2) is 12.4 Å². The van der Waals surface area contributed by atoms with E-state index in [4.69, 9.17) is 0 Å². The lowest BCUT2D eigenvalue weighted by molar-refractivity contribution is 0.394. The number of hydrogen-bond acceptors (Lipinski definition) is 5. The van der Waals surface area contributed by atoms with Crippen molar-refractivity contribution in [1.29, 1.82) is 0 Å². The highest BCUT2D eigenvalue weighted by Crippen LogP contribution is 2.35. The Morgan fingerprint density at radius 2 is 2.12 bits per heavy atom. The molecule has 0 aliphatic carbocycles. The van der Waals surface area contributed by atoms with Gasteiger partial charge in [-0.25, -0.2) is 13.4 Å². The van der Waals surface area contributed by atoms with Crippen molar-refractivity contribution < 1.29 is 8.42 Å². The largest absolute Gasteiger partial charge is 0.372 e. The maximum atomic E-state index is 11.7. The number of anilines is 1. The second-order valence-corrected chi connectivity index (χ2v) is 6.01. The molecule has 7 heteroatoms. The minimum atomic E-state index is -3.19. The van der Waals surface area contributed by atoms with Crippen molar-refractivity contribution in [1.82, 2.24) is 14.3 Å². The van der Waals surface area contributed by atoms with Crippen molar-refractivity contribution in [2.24, 2.45) is 0 Å². The number of hydrogen-bond donors (Lipinski definition) is 1. The molecule has 0 amide bonds. The molecular formula is C10H16N4O2S. The van der Waals surface area contributed by atoms with Gasteiger partial charge in [0, 0.05) is 26.0 Å². The SMILES string of the molecule is CNc1nccnc1C1CCCN1S(C)(=O)=O. The molecule has 1 N–H and O–H groups in total. The maximum absolute atomic E-state index is 11.7. The van der Waals surface area contributed by atoms with Crippen LogP contribution in [0.5, 0.6) is 0 Å². The standard InChI is InChI=1S/C10H16N4O2S/c1-11-10-9(12-5-6-13-10)8-4-3-7-14(8)17(2,15)16/h5-6,8H,3-4,7H2,1-2H3,(H,11,13). The van der Waals surface area contributed by atoms with Gasteiger partial charge in [0.25, 0.3) is 0 Å². The van der Waals surface area contributed by atoms with Crippen LogP contribution < -0.4 is 5.32 Å². The normalized spacial score (nSPS) is 21.6. The third-order valence-corrected chi connectivity index (χ3v) is 4.20. The second kappa shape index (κ2) is 4.58. The molecule has 1 aliphatic rings. The molecule has 1 atom stereocenters. The third-order valence-electron chi connectivity index (χ3n) is 2.91. The zero-order chi connectivity index (χ0) is 12.5. The van der Waals surface area contributed by atoms with Gasteiger partial charge in [-0.1, -0.05) is 0 Å². The molecule has 1 saturated heterocycles. The van der Waals surface area contributed by atoms with Crippen molar-refractivity contribution in [3.05, 3.63) is 18.1 Å². The molecule has 1 aromatic heterocycles. The summed E-state index contributed by atoms with van der Waals surface area (Å²) < 4.78 is 24.8. The number of sulfonamides is 1. The van der Waals surface area contributed by atoms with E-state index in [1.807, 2.05) is 0 Å². The summed E-state index contributed by atoms with van der Waals surface area (Å²) in [7, 11) is -1.43. The van der Waals surface area contributed by atoms with E-state index in [0.29, 0.717) is 18.1 Å². The fourth-order valence-electron chi connectivity index (χ4n) is 2.20. The third kappa shape index (κ3) is 2.39. The van der Waals surface area contributed by atoms with Crippen LogP contribution in [0, 0.1) is 0 Å². The molecule has 17 heavy (non-hydrogen) atoms. The summed E-state index contributed by atoms with van der Waals surface area (Å²) >= 11 is 0. The molecule has 2 heterocycles. The quantitative estimate of drug-likeness (QED) is 0.857. The summed E-state index contributed by atoms with van der Waals surface area (Å²) in [6, 6.07) is -0.193. The van der Waals surface area contributed by atoms with Crippen LogP contribution in [0.2, 0.25) is 0 Å². The first-order valence-corrected chi connectivity index (χ1v) is 7.34. The average Bonchev–Trinajstić information content (AvgIpc) is 2.77. The van der Waals surface area contributed by atoms with Gasteiger partial charge in [-0.3, -0.25) is 4.98 Å². The number of rotatable bonds is 3. The van der Waals surface area contributed by atoms with Crippen LogP contribution in [-0.2, 0) is 10.0 Å². The van der Waals surface area contributed by atoms with E-state index in [9.17, 15) is 8.42 Å². The predicted molar refractivity (Wildman–Crippen MR) is 65.1 cm³/mol. The average molecular weight is 256 g/mol. The number of nitrogens with zero attached hydrogens (tertiary/aromatic N) is 3. The van der Waals surface area contributed by atoms with E-state index in [-0.39, 0.29) is 6.04 Å². The second-order valence-electron chi connectivity index (χ2n) is 4.07. The van der Waals surface area contributed by atoms with E-state index in [1.54, 1.807) is 19.4 Å². The first kappa shape index (κ1) is 12.3. The Kier molecular flexibility index (Phi) is 3.30. The van der Waals surface area contributed by atoms with E-state index < -0.39 is 10.0 Å². The summed E-state index contributed by atoms with van der Waals surface area (Å²) in [6.45, 7) is 0.559. The zero-order valence-electron chi connectivity index (χ0n) is 9.92. The summed E-state index contributed by atoms with van der Waals surface area (Å²) in [4.78, 5) is 8.43. The van der Waals surface area contributed by atoms with Crippen molar-refractivity contribution in [3.8, 4) is 0 Å². The Morgan fingerprint density at radius 1 is 1.41 bits per heavy atom. The molecule has 0 spiro atoms. The van der Waals surface area contributed by atoms with Crippen LogP contribution in [0.25, 0.3) is 0 Å². The summed E-state index contributed by atoms with van der Waals surface area (Å²) in [6.07, 6.45) is 6.07. The molecule has 0 aromatic carbocycles. The molecule has 2 rings (SSSR count). The summed E-state index contributed by atoms with van der Waals surface area (Å²) in [5.74, 6) is 0.646. The molecule has 0 radical (unpaired) electrons. The highest BCUT2D eigenvalue weighted by atomic mass is 32.2. The van der Waals surface area contributed by atoms with E-state index in [1.165, 1.54) is 10.6 Å². The van der Waals surface area contributed by atoms with Gasteiger partial charge in [-0.2, -0.15) is 4.31 Å². The first-order chi connectivity index (χ1) is 8.04. The van der Waals surface area contributed by atoms with Crippen LogP contribution in [-0.4, -0.2) is 42.5 Å². The molecule has 0 saturated carbocycles. The van der Waals surface area contributed by atoms with Gasteiger partial charge in [0.2, 0.25) is 10.0 Å². The summed E-state index contributed by atoms with van der Waals surface area (Å²) in [5.41, 5.74) is 0.706. The Balaban J connectivity index is 2.39. The van der Waals surface area contributed by atoms with E-state index in [0.717, 1.165) is 12.8 Å². The number of nitrogens with one attached hydrogen (secondary N) is 1. The molecule has 1 fully saturated rings. The molecule has 0 bridgehead atoms. The highest BCUT2D eigenvalue weighted by molar-refractivity contribution is 7.88. The van der Waals surface area contributed by atoms with Crippen LogP contribution in [0.3, 0.4) is 0 Å². The highest BCUT2D eigenvalue weighted by Gasteiger charge is 2.34. The molecule has 6 nitrogen and oxygen atoms in total. The lowest BCUT2D eigenvalue weighted by atomic mass is 10.1. The molecule has 1 unspecified atom stereocenters. The van der Waals surface area contributed by atoms with Gasteiger partial charge in [-0.15, -0.1) is 0 Å². The van der Waals surface area contributed by atoms with Crippen molar-refractivity contribution in [2.45, 2.75) is 18.9 Å². The van der Waals surface area contributed by atoms with Gasteiger partial charge in [0.1, 0.15) is 11.5 Å². The summed E-state index contributed by atoms with van der Waals surface area (Å²) in [5, 5.41) is 2.95. The van der Waals surface area contributed by atoms with Crippen molar-refractivity contribution in [3.63, 3.8) is 0 Å². The Bertz CT molecular complexity index is 503. The van der Waals surface area contributed by atoms with Gasteiger partial charge >= 0.3 is 0 Å². The molecule has 94 valence electrons. The number of aromatic nitrogens is 2. The Labute approximate surface area is 101 Å². The van der Waals surface area contributed by atoms with Crippen LogP contribution in [0.4, 0.5) is 5.82 Å². The monoisotopic (exact) mass is 256 g/mol. The molecular weight excluding hydrogens is 240 g/mol. The van der Waals surface area contributed by atoms with Gasteiger partial charge < -0.3 is 5.32 Å². The van der Waals surface area contributed by atoms with Crippen LogP contribution in [0.1, 0.15) is 24.6 Å². The smallest absolute Gasteiger partial charge is 0.211 e. The minimum absolute atomic E-state index is 0.193. The fourth-order valence-corrected chi connectivity index (χ4v) is 3.32. The van der Waals surface area contributed by atoms with E-state index >= 15 is 0 Å². The lowest BCUT2D eigenvalue weighted by Gasteiger charge is -2.22. The Hall–Kier alpha value is -1.21. The van der Waals surface area contributed by atoms with Gasteiger partial charge in [0.15, 0.2) is 0 Å². The first-order valence-electron chi connectivity index (χ1n) is 5.49. The van der Waals surface area contributed by atoms with Crippen molar-refractivity contribution >= 4 is 15.8 Å². The van der Waals surface area contributed by atoms with Crippen LogP contribution >= 0.6 is 0 Å². The maximum Gasteiger partial charge on any atom is 0.211 e. The van der Waals surface area contributed by atoms with Gasteiger partial charge in [-0.05, 0) is 12.8 Å². The van der Waals surface area contributed by atoms with E-state index in [2.05, 4.69) is 15.3 Å². The molecule has 1 aromatic rings. The minimum Gasteiger partial charge on any atom is -0.372 e. The fraction of sp³-hybridized carbons (Fsp3) is 0.600. The van der Waals surface area contributed by atoms with Crippen molar-refractivity contribution in [2.75, 3.05) is 25.2 Å². The lowest BCUT2D eigenvalue weighted by Crippen LogP contribution is -2.30. The Morgan fingerprint density at radius 3 is 2.76 bits per heavy atom. The predicted octanol–water partition coefficient (Wildman–Crippen LogP) is 0.615. The zero-order valence-corrected chi connectivity index (χ0v) is 10.7. The topological polar surface area (TPSA) is 75.2 Å². The molecule has 1 aliphatic heterocycles. The van der Waals surface area contributed by atoms with Gasteiger partial charge in [0.05, 0.1) is 12.3 Å².